The summed E-state index contributed by atoms with van der Waals surface area (Å²) in [5.74, 6) is 5.81. The summed E-state index contributed by atoms with van der Waals surface area (Å²) in [7, 11) is 0. The molecule has 0 spiro atoms. The molecule has 22 heavy (non-hydrogen) atoms. The van der Waals surface area contributed by atoms with E-state index in [0.717, 1.165) is 34.8 Å². The van der Waals surface area contributed by atoms with Crippen LogP contribution in [0.2, 0.25) is 0 Å². The molecule has 0 aliphatic carbocycles. The van der Waals surface area contributed by atoms with Crippen LogP contribution in [0.4, 0.5) is 0 Å². The molecule has 1 aliphatic heterocycles. The maximum atomic E-state index is 5.47. The Morgan fingerprint density at radius 2 is 1.95 bits per heavy atom. The molecule has 0 fully saturated rings. The minimum Gasteiger partial charge on any atom is -0.481 e. The van der Waals surface area contributed by atoms with E-state index in [2.05, 4.69) is 31.4 Å². The van der Waals surface area contributed by atoms with Crippen molar-refractivity contribution < 1.29 is 37.4 Å². The van der Waals surface area contributed by atoms with Crippen LogP contribution >= 0.6 is 0 Å². The van der Waals surface area contributed by atoms with Crippen molar-refractivity contribution in [3.05, 3.63) is 59.8 Å². The first-order valence-corrected chi connectivity index (χ1v) is 6.65. The molecule has 0 N–H and O–H groups in total. The fourth-order valence-electron chi connectivity index (χ4n) is 2.13. The van der Waals surface area contributed by atoms with E-state index in [-0.39, 0.29) is 39.3 Å². The number of likely N-dealkylation sites (N-methyl/N-ethyl adjacent to an activating group) is 1. The van der Waals surface area contributed by atoms with E-state index in [1.807, 2.05) is 29.2 Å². The van der Waals surface area contributed by atoms with E-state index in [4.69, 9.17) is 17.6 Å². The Morgan fingerprint density at radius 3 is 2.50 bits per heavy atom. The molecule has 0 amide bonds. The molecule has 1 aromatic carbocycles. The van der Waals surface area contributed by atoms with Crippen molar-refractivity contribution in [2.75, 3.05) is 13.2 Å². The molecule has 0 bridgehead atoms. The van der Waals surface area contributed by atoms with Gasteiger partial charge in [0.25, 0.3) is 0 Å². The molecule has 107 valence electrons. The normalized spacial score (nSPS) is 13.2. The van der Waals surface area contributed by atoms with Gasteiger partial charge in [0.2, 0.25) is 0 Å². The smallest absolute Gasteiger partial charge is 0.148 e. The van der Waals surface area contributed by atoms with E-state index >= 15 is 0 Å². The van der Waals surface area contributed by atoms with Gasteiger partial charge in [0.1, 0.15) is 12.4 Å². The summed E-state index contributed by atoms with van der Waals surface area (Å²) in [5.41, 5.74) is 3.55. The van der Waals surface area contributed by atoms with E-state index in [1.54, 1.807) is 6.08 Å². The number of terminal acetylenes is 2. The topological polar surface area (TPSA) is 12.5 Å². The Balaban J connectivity index is 0.00000242. The maximum absolute atomic E-state index is 5.47. The molecule has 2 rings (SSSR count). The number of hydrogen-bond acceptors (Lipinski definition) is 2. The van der Waals surface area contributed by atoms with E-state index in [1.165, 1.54) is 0 Å². The van der Waals surface area contributed by atoms with Crippen LogP contribution in [0, 0.1) is 30.8 Å². The molecular formula is C19H16NOY-. The van der Waals surface area contributed by atoms with Gasteiger partial charge in [-0.1, -0.05) is 29.3 Å². The van der Waals surface area contributed by atoms with Crippen LogP contribution in [0.15, 0.2) is 48.2 Å². The average molecular weight is 363 g/mol. The Morgan fingerprint density at radius 1 is 1.27 bits per heavy atom. The largest absolute Gasteiger partial charge is 0.481 e. The molecule has 0 saturated carbocycles. The minimum atomic E-state index is 0. The van der Waals surface area contributed by atoms with Crippen molar-refractivity contribution in [2.45, 2.75) is 6.92 Å². The quantitative estimate of drug-likeness (QED) is 0.602. The first kappa shape index (κ1) is 18.3. The number of rotatable bonds is 4. The summed E-state index contributed by atoms with van der Waals surface area (Å²) >= 11 is 0. The molecule has 1 aliphatic rings. The Hall–Kier alpha value is -1.74. The van der Waals surface area contributed by atoms with Crippen LogP contribution in [-0.2, 0) is 32.7 Å². The summed E-state index contributed by atoms with van der Waals surface area (Å²) in [4.78, 5) is 2.05. The first-order chi connectivity index (χ1) is 10.2. The van der Waals surface area contributed by atoms with Crippen molar-refractivity contribution in [3.63, 3.8) is 0 Å². The SMILES string of the molecule is C#CCOc1ccc(C2=[C-]C=C(C#C)C(=C)N2CC)cc1.[Y]. The second kappa shape index (κ2) is 8.64. The van der Waals surface area contributed by atoms with Crippen molar-refractivity contribution in [1.82, 2.24) is 4.90 Å². The molecule has 0 saturated heterocycles. The third-order valence-electron chi connectivity index (χ3n) is 3.18. The van der Waals surface area contributed by atoms with Crippen LogP contribution in [0.5, 0.6) is 5.75 Å². The zero-order valence-corrected chi connectivity index (χ0v) is 15.4. The van der Waals surface area contributed by atoms with E-state index < -0.39 is 0 Å². The van der Waals surface area contributed by atoms with Crippen LogP contribution in [-0.4, -0.2) is 18.1 Å². The summed E-state index contributed by atoms with van der Waals surface area (Å²) in [6.45, 7) is 7.15. The summed E-state index contributed by atoms with van der Waals surface area (Å²) in [6, 6.07) is 7.72. The first-order valence-electron chi connectivity index (χ1n) is 6.65. The van der Waals surface area contributed by atoms with Gasteiger partial charge in [0.05, 0.1) is 0 Å². The van der Waals surface area contributed by atoms with E-state index in [0.29, 0.717) is 0 Å². The molecule has 0 aromatic heterocycles. The van der Waals surface area contributed by atoms with Gasteiger partial charge in [0, 0.05) is 39.3 Å². The number of benzene rings is 1. The zero-order valence-electron chi connectivity index (χ0n) is 12.6. The van der Waals surface area contributed by atoms with Gasteiger partial charge in [-0.25, -0.2) is 0 Å². The monoisotopic (exact) mass is 363 g/mol. The minimum absolute atomic E-state index is 0. The maximum Gasteiger partial charge on any atom is 0.148 e. The number of ether oxygens (including phenoxy) is 1. The van der Waals surface area contributed by atoms with Crippen LogP contribution in [0.1, 0.15) is 12.5 Å². The molecule has 0 atom stereocenters. The predicted octanol–water partition coefficient (Wildman–Crippen LogP) is 3.25. The van der Waals surface area contributed by atoms with Gasteiger partial charge in [-0.2, -0.15) is 12.2 Å². The molecule has 1 radical (unpaired) electrons. The van der Waals surface area contributed by atoms with Crippen molar-refractivity contribution in [1.29, 1.82) is 0 Å². The third kappa shape index (κ3) is 3.92. The predicted molar refractivity (Wildman–Crippen MR) is 85.9 cm³/mol. The van der Waals surface area contributed by atoms with Crippen LogP contribution in [0.25, 0.3) is 5.70 Å². The van der Waals surface area contributed by atoms with Crippen molar-refractivity contribution >= 4 is 5.70 Å². The number of hydrogen-bond donors (Lipinski definition) is 0. The van der Waals surface area contributed by atoms with Gasteiger partial charge < -0.3 is 9.64 Å². The molecule has 0 unspecified atom stereocenters. The van der Waals surface area contributed by atoms with Crippen LogP contribution in [0.3, 0.4) is 0 Å². The Labute approximate surface area is 157 Å². The van der Waals surface area contributed by atoms with Crippen molar-refractivity contribution in [2.24, 2.45) is 0 Å². The second-order valence-corrected chi connectivity index (χ2v) is 4.40. The van der Waals surface area contributed by atoms with Gasteiger partial charge in [0.15, 0.2) is 0 Å². The Kier molecular flexibility index (Phi) is 7.20. The summed E-state index contributed by atoms with van der Waals surface area (Å²) in [5, 5.41) is 0. The zero-order chi connectivity index (χ0) is 15.2. The molecule has 1 aromatic rings. The standard InChI is InChI=1S/C19H16NO.Y/c1-5-14-21-18-11-8-17(9-12-18)19-13-10-16(6-2)15(4)20(19)7-3;/h1-2,8-12H,4,7,14H2,3H3;/q-1;. The second-order valence-electron chi connectivity index (χ2n) is 4.40. The van der Waals surface area contributed by atoms with Gasteiger partial charge >= 0.3 is 0 Å². The molecule has 1 heterocycles. The molecular weight excluding hydrogens is 347 g/mol. The number of allylic oxidation sites excluding steroid dienone is 3. The summed E-state index contributed by atoms with van der Waals surface area (Å²) in [6.07, 6.45) is 15.7. The average Bonchev–Trinajstić information content (AvgIpc) is 2.53. The Bertz CT molecular complexity index is 684. The summed E-state index contributed by atoms with van der Waals surface area (Å²) < 4.78 is 5.37. The van der Waals surface area contributed by atoms with Gasteiger partial charge in [-0.05, 0) is 24.8 Å². The fourth-order valence-corrected chi connectivity index (χ4v) is 2.13. The third-order valence-corrected chi connectivity index (χ3v) is 3.18. The molecule has 3 heteroatoms. The van der Waals surface area contributed by atoms with E-state index in [9.17, 15) is 0 Å². The van der Waals surface area contributed by atoms with Crippen molar-refractivity contribution in [3.8, 4) is 30.4 Å². The van der Waals surface area contributed by atoms with Gasteiger partial charge in [-0.3, -0.25) is 0 Å². The van der Waals surface area contributed by atoms with Gasteiger partial charge in [-0.15, -0.1) is 30.9 Å². The molecule has 2 nitrogen and oxygen atoms in total. The van der Waals surface area contributed by atoms with Crippen LogP contribution < -0.4 is 4.74 Å². The number of nitrogens with zero attached hydrogens (tertiary/aromatic N) is 1. The fraction of sp³-hybridized carbons (Fsp3) is 0.158.